The molecule has 0 spiro atoms. The van der Waals surface area contributed by atoms with Gasteiger partial charge in [-0.05, 0) is 45.3 Å². The lowest BCUT2D eigenvalue weighted by Gasteiger charge is -2.25. The summed E-state index contributed by atoms with van der Waals surface area (Å²) in [4.78, 5) is 24.2. The van der Waals surface area contributed by atoms with Gasteiger partial charge >= 0.3 is 0 Å². The Morgan fingerprint density at radius 3 is 1.62 bits per heavy atom. The zero-order valence-electron chi connectivity index (χ0n) is 16.6. The average molecular weight is 483 g/mol. The number of rotatable bonds is 5. The van der Waals surface area contributed by atoms with Crippen LogP contribution < -0.4 is 0 Å². The Morgan fingerprint density at radius 2 is 1.19 bits per heavy atom. The van der Waals surface area contributed by atoms with Crippen molar-refractivity contribution in [2.45, 2.75) is 62.8 Å². The number of tetrazole rings is 2. The fourth-order valence-electron chi connectivity index (χ4n) is 4.39. The van der Waals surface area contributed by atoms with Gasteiger partial charge in [-0.3, -0.25) is 9.59 Å². The van der Waals surface area contributed by atoms with Crippen LogP contribution >= 0.6 is 24.4 Å². The van der Waals surface area contributed by atoms with E-state index in [4.69, 9.17) is 43.4 Å². The Hall–Kier alpha value is -2.24. The summed E-state index contributed by atoms with van der Waals surface area (Å²) in [6.07, 6.45) is -1.68. The lowest BCUT2D eigenvalue weighted by Crippen LogP contribution is -2.37. The average Bonchev–Trinajstić information content (AvgIpc) is 3.55. The summed E-state index contributed by atoms with van der Waals surface area (Å²) >= 11 is 11.0. The number of aryl methyl sites for hydroxylation is 2. The number of carbonyl (C=O) groups excluding carboxylic acids is 2. The van der Waals surface area contributed by atoms with E-state index in [-0.39, 0.29) is 48.7 Å². The van der Waals surface area contributed by atoms with Gasteiger partial charge in [0.1, 0.15) is 12.2 Å². The van der Waals surface area contributed by atoms with E-state index in [2.05, 4.69) is 20.9 Å². The van der Waals surface area contributed by atoms with E-state index in [0.717, 1.165) is 0 Å². The monoisotopic (exact) mass is 482 g/mol. The lowest BCUT2D eigenvalue weighted by molar-refractivity contribution is -0.156. The Balaban J connectivity index is 1.17. The molecule has 2 aromatic heterocycles. The lowest BCUT2D eigenvalue weighted by atomic mass is 10.0. The quantitative estimate of drug-likeness (QED) is 0.490. The van der Waals surface area contributed by atoms with Crippen LogP contribution in [-0.4, -0.2) is 89.1 Å². The molecule has 0 amide bonds. The van der Waals surface area contributed by atoms with Crippen LogP contribution in [0.2, 0.25) is 0 Å². The Labute approximate surface area is 189 Å². The topological polar surface area (TPSA) is 142 Å². The van der Waals surface area contributed by atoms with Crippen molar-refractivity contribution in [1.82, 2.24) is 39.6 Å². The molecule has 14 nitrogen and oxygen atoms in total. The van der Waals surface area contributed by atoms with Crippen LogP contribution in [0.1, 0.15) is 24.9 Å². The highest BCUT2D eigenvalue weighted by molar-refractivity contribution is 7.71. The standard InChI is InChI=1S/C16H18N8O6S2/c25-9-3-7(11-5-27-13(9)29-11)23-15(31)21(17-19-23)1-2-22-16(32)24(20-18-22)8-4-10(26)14-28-6-12(8)30-14/h7-8,11-14H,1-6H2/t7-,8+,11-,12-,13+,14-/m1/s1. The molecule has 4 aliphatic heterocycles. The van der Waals surface area contributed by atoms with Gasteiger partial charge in [-0.1, -0.05) is 0 Å². The fraction of sp³-hybridized carbons (Fsp3) is 0.750. The molecule has 6 rings (SSSR count). The number of hydrogen-bond donors (Lipinski definition) is 0. The number of hydrogen-bond acceptors (Lipinski definition) is 12. The van der Waals surface area contributed by atoms with Gasteiger partial charge in [0.25, 0.3) is 0 Å². The van der Waals surface area contributed by atoms with E-state index in [0.29, 0.717) is 35.8 Å². The molecule has 4 saturated heterocycles. The van der Waals surface area contributed by atoms with Gasteiger partial charge in [0.05, 0.1) is 38.4 Å². The minimum absolute atomic E-state index is 0.132. The predicted octanol–water partition coefficient (Wildman–Crippen LogP) is -0.857. The van der Waals surface area contributed by atoms with E-state index in [9.17, 15) is 9.59 Å². The van der Waals surface area contributed by atoms with E-state index in [1.165, 1.54) is 18.7 Å². The summed E-state index contributed by atoms with van der Waals surface area (Å²) in [5, 5.41) is 16.5. The third kappa shape index (κ3) is 3.20. The summed E-state index contributed by atoms with van der Waals surface area (Å²) in [5.41, 5.74) is 0. The molecule has 0 aliphatic carbocycles. The van der Waals surface area contributed by atoms with Crippen LogP contribution in [0.15, 0.2) is 0 Å². The van der Waals surface area contributed by atoms with Gasteiger partial charge in [0, 0.05) is 12.8 Å². The highest BCUT2D eigenvalue weighted by Gasteiger charge is 2.46. The molecule has 6 heterocycles. The maximum absolute atomic E-state index is 12.1. The number of carbonyl (C=O) groups is 2. The van der Waals surface area contributed by atoms with Crippen molar-refractivity contribution in [3.63, 3.8) is 0 Å². The van der Waals surface area contributed by atoms with Crippen molar-refractivity contribution in [2.24, 2.45) is 0 Å². The molecule has 4 fully saturated rings. The maximum atomic E-state index is 12.1. The van der Waals surface area contributed by atoms with Gasteiger partial charge in [-0.15, -0.1) is 0 Å². The minimum atomic E-state index is -0.781. The molecule has 4 bridgehead atoms. The molecule has 0 radical (unpaired) electrons. The minimum Gasteiger partial charge on any atom is -0.343 e. The molecule has 16 heteroatoms. The smallest absolute Gasteiger partial charge is 0.218 e. The molecule has 2 aromatic rings. The molecule has 4 aliphatic rings. The van der Waals surface area contributed by atoms with E-state index < -0.39 is 12.6 Å². The van der Waals surface area contributed by atoms with Crippen LogP contribution in [-0.2, 0) is 41.6 Å². The zero-order chi connectivity index (χ0) is 22.0. The molecule has 170 valence electrons. The van der Waals surface area contributed by atoms with Crippen molar-refractivity contribution < 1.29 is 28.5 Å². The first kappa shape index (κ1) is 20.4. The van der Waals surface area contributed by atoms with Crippen LogP contribution in [0.4, 0.5) is 0 Å². The molecule has 0 unspecified atom stereocenters. The summed E-state index contributed by atoms with van der Waals surface area (Å²) in [7, 11) is 0. The van der Waals surface area contributed by atoms with Crippen LogP contribution in [0, 0.1) is 9.54 Å². The van der Waals surface area contributed by atoms with Crippen molar-refractivity contribution >= 4 is 36.0 Å². The first-order valence-corrected chi connectivity index (χ1v) is 11.0. The van der Waals surface area contributed by atoms with Gasteiger partial charge in [-0.25, -0.2) is 18.7 Å². The van der Waals surface area contributed by atoms with Gasteiger partial charge in [0.15, 0.2) is 11.6 Å². The molecular formula is C16H18N8O6S2. The van der Waals surface area contributed by atoms with Crippen molar-refractivity contribution in [2.75, 3.05) is 13.2 Å². The third-order valence-corrected chi connectivity index (χ3v) is 6.89. The van der Waals surface area contributed by atoms with E-state index in [1.807, 2.05) is 0 Å². The molecule has 6 atom stereocenters. The Kier molecular flexibility index (Phi) is 4.88. The van der Waals surface area contributed by atoms with Crippen molar-refractivity contribution in [1.29, 1.82) is 0 Å². The zero-order valence-corrected chi connectivity index (χ0v) is 18.2. The van der Waals surface area contributed by atoms with Crippen LogP contribution in [0.5, 0.6) is 0 Å². The Morgan fingerprint density at radius 1 is 0.750 bits per heavy atom. The number of fused-ring (bicyclic) bond motifs is 4. The van der Waals surface area contributed by atoms with Gasteiger partial charge in [-0.2, -0.15) is 0 Å². The fourth-order valence-corrected chi connectivity index (χ4v) is 4.99. The second-order valence-electron chi connectivity index (χ2n) is 8.01. The second-order valence-corrected chi connectivity index (χ2v) is 8.74. The van der Waals surface area contributed by atoms with Crippen LogP contribution in [0.3, 0.4) is 0 Å². The Bertz CT molecular complexity index is 1110. The number of ketones is 2. The van der Waals surface area contributed by atoms with Crippen molar-refractivity contribution in [3.8, 4) is 0 Å². The summed E-state index contributed by atoms with van der Waals surface area (Å²) < 4.78 is 28.7. The van der Waals surface area contributed by atoms with Gasteiger partial charge in [0.2, 0.25) is 22.1 Å². The van der Waals surface area contributed by atoms with Crippen molar-refractivity contribution in [3.05, 3.63) is 9.54 Å². The SMILES string of the molecule is O=C1C[C@H](n2nnn(CCn3nnn([C@@H]4CC(=O)[C@H]5OC[C@H]4O5)c3=S)c2=S)[C@H]2CO[C@@H]1O2. The van der Waals surface area contributed by atoms with Crippen LogP contribution in [0.25, 0.3) is 0 Å². The molecule has 32 heavy (non-hydrogen) atoms. The first-order valence-electron chi connectivity index (χ1n) is 10.1. The molecule has 0 N–H and O–H groups in total. The largest absolute Gasteiger partial charge is 0.343 e. The van der Waals surface area contributed by atoms with Gasteiger partial charge < -0.3 is 18.9 Å². The summed E-state index contributed by atoms with van der Waals surface area (Å²) in [6, 6.07) is -0.710. The summed E-state index contributed by atoms with van der Waals surface area (Å²) in [6.45, 7) is 1.31. The number of aromatic nitrogens is 8. The normalized spacial score (nSPS) is 33.9. The first-order chi connectivity index (χ1) is 15.5. The number of ether oxygens (including phenoxy) is 4. The molecule has 0 aromatic carbocycles. The maximum Gasteiger partial charge on any atom is 0.218 e. The molecule has 0 saturated carbocycles. The summed E-state index contributed by atoms with van der Waals surface area (Å²) in [5.74, 6) is -0.264. The highest BCUT2D eigenvalue weighted by Crippen LogP contribution is 2.33. The number of Topliss-reactive ketones (excluding diaryl/α,β-unsaturated/α-hetero) is 2. The molecular weight excluding hydrogens is 464 g/mol. The predicted molar refractivity (Wildman–Crippen MR) is 104 cm³/mol. The second kappa shape index (κ2) is 7.67. The third-order valence-electron chi connectivity index (χ3n) is 6.10. The van der Waals surface area contributed by atoms with E-state index >= 15 is 0 Å². The number of nitrogens with zero attached hydrogens (tertiary/aromatic N) is 8. The highest BCUT2D eigenvalue weighted by atomic mass is 32.1. The van der Waals surface area contributed by atoms with E-state index in [1.54, 1.807) is 0 Å².